The second-order valence-electron chi connectivity index (χ2n) is 4.99. The van der Waals surface area contributed by atoms with Crippen LogP contribution in [-0.4, -0.2) is 35.9 Å². The molecule has 0 aromatic carbocycles. The normalized spacial score (nSPS) is 19.5. The van der Waals surface area contributed by atoms with Crippen molar-refractivity contribution in [2.75, 3.05) is 36.1 Å². The minimum atomic E-state index is 0.809. The van der Waals surface area contributed by atoms with Crippen LogP contribution in [-0.2, 0) is 0 Å². The lowest BCUT2D eigenvalue weighted by atomic mass is 9.96. The van der Waals surface area contributed by atoms with E-state index in [1.165, 1.54) is 19.3 Å². The molecular formula is C14H24N4S. The van der Waals surface area contributed by atoms with Crippen molar-refractivity contribution in [3.05, 3.63) is 6.07 Å². The summed E-state index contributed by atoms with van der Waals surface area (Å²) < 4.78 is 0. The fourth-order valence-electron chi connectivity index (χ4n) is 2.54. The standard InChI is InChI=1S/C14H24N4S/c1-4-11-7-6-8-18(10-11)13-9-12(15-5-2)16-14(17-13)19-3/h9,11H,4-8,10H2,1-3H3,(H,15,16,17). The van der Waals surface area contributed by atoms with Gasteiger partial charge in [-0.25, -0.2) is 9.97 Å². The fourth-order valence-corrected chi connectivity index (χ4v) is 2.92. The van der Waals surface area contributed by atoms with Crippen molar-refractivity contribution < 1.29 is 0 Å². The van der Waals surface area contributed by atoms with Gasteiger partial charge >= 0.3 is 0 Å². The first-order valence-electron chi connectivity index (χ1n) is 7.18. The fraction of sp³-hybridized carbons (Fsp3) is 0.714. The minimum absolute atomic E-state index is 0.809. The molecule has 4 nitrogen and oxygen atoms in total. The zero-order valence-electron chi connectivity index (χ0n) is 12.1. The summed E-state index contributed by atoms with van der Waals surface area (Å²) in [5.41, 5.74) is 0. The lowest BCUT2D eigenvalue weighted by Gasteiger charge is -2.33. The number of hydrogen-bond acceptors (Lipinski definition) is 5. The van der Waals surface area contributed by atoms with Gasteiger partial charge in [-0.05, 0) is 31.9 Å². The molecule has 0 bridgehead atoms. The van der Waals surface area contributed by atoms with Crippen molar-refractivity contribution in [1.82, 2.24) is 9.97 Å². The second kappa shape index (κ2) is 6.98. The van der Waals surface area contributed by atoms with E-state index in [1.807, 2.05) is 6.26 Å². The minimum Gasteiger partial charge on any atom is -0.370 e. The van der Waals surface area contributed by atoms with Crippen LogP contribution >= 0.6 is 11.8 Å². The molecule has 1 N–H and O–H groups in total. The van der Waals surface area contributed by atoms with Crippen LogP contribution in [0.15, 0.2) is 11.2 Å². The Bertz CT molecular complexity index is 410. The number of piperidine rings is 1. The largest absolute Gasteiger partial charge is 0.370 e. The molecule has 0 saturated carbocycles. The SMILES string of the molecule is CCNc1cc(N2CCCC(CC)C2)nc(SC)n1. The first-order chi connectivity index (χ1) is 9.26. The Hall–Kier alpha value is -0.970. The van der Waals surface area contributed by atoms with Crippen LogP contribution in [0.1, 0.15) is 33.1 Å². The molecule has 19 heavy (non-hydrogen) atoms. The van der Waals surface area contributed by atoms with Gasteiger partial charge in [-0.3, -0.25) is 0 Å². The molecule has 1 unspecified atom stereocenters. The Morgan fingerprint density at radius 1 is 1.42 bits per heavy atom. The highest BCUT2D eigenvalue weighted by atomic mass is 32.2. The van der Waals surface area contributed by atoms with E-state index >= 15 is 0 Å². The van der Waals surface area contributed by atoms with Gasteiger partial charge < -0.3 is 10.2 Å². The first-order valence-corrected chi connectivity index (χ1v) is 8.41. The van der Waals surface area contributed by atoms with Gasteiger partial charge in [-0.1, -0.05) is 25.1 Å². The molecule has 0 spiro atoms. The van der Waals surface area contributed by atoms with E-state index in [0.717, 1.165) is 42.3 Å². The number of thioether (sulfide) groups is 1. The van der Waals surface area contributed by atoms with Gasteiger partial charge in [0.25, 0.3) is 0 Å². The van der Waals surface area contributed by atoms with Crippen molar-refractivity contribution in [3.63, 3.8) is 0 Å². The Balaban J connectivity index is 2.19. The number of hydrogen-bond donors (Lipinski definition) is 1. The number of aromatic nitrogens is 2. The monoisotopic (exact) mass is 280 g/mol. The molecule has 106 valence electrons. The van der Waals surface area contributed by atoms with Gasteiger partial charge in [-0.15, -0.1) is 0 Å². The highest BCUT2D eigenvalue weighted by Gasteiger charge is 2.20. The molecule has 0 aliphatic carbocycles. The molecule has 1 aromatic rings. The second-order valence-corrected chi connectivity index (χ2v) is 5.76. The summed E-state index contributed by atoms with van der Waals surface area (Å²) in [6, 6.07) is 2.08. The van der Waals surface area contributed by atoms with E-state index < -0.39 is 0 Å². The molecule has 0 radical (unpaired) electrons. The predicted molar refractivity (Wildman–Crippen MR) is 83.2 cm³/mol. The Morgan fingerprint density at radius 3 is 2.95 bits per heavy atom. The molecule has 1 aliphatic heterocycles. The summed E-state index contributed by atoms with van der Waals surface area (Å²) >= 11 is 1.60. The van der Waals surface area contributed by atoms with Crippen molar-refractivity contribution in [1.29, 1.82) is 0 Å². The predicted octanol–water partition coefficient (Wildman–Crippen LogP) is 3.26. The maximum absolute atomic E-state index is 4.66. The molecule has 1 saturated heterocycles. The highest BCUT2D eigenvalue weighted by Crippen LogP contribution is 2.26. The molecular weight excluding hydrogens is 256 g/mol. The molecule has 1 atom stereocenters. The average Bonchev–Trinajstić information content (AvgIpc) is 2.47. The number of anilines is 2. The van der Waals surface area contributed by atoms with Crippen molar-refractivity contribution in [2.24, 2.45) is 5.92 Å². The van der Waals surface area contributed by atoms with Crippen molar-refractivity contribution >= 4 is 23.4 Å². The molecule has 5 heteroatoms. The number of nitrogens with one attached hydrogen (secondary N) is 1. The van der Waals surface area contributed by atoms with Crippen LogP contribution in [0.25, 0.3) is 0 Å². The van der Waals surface area contributed by atoms with Gasteiger partial charge in [0, 0.05) is 25.7 Å². The van der Waals surface area contributed by atoms with Gasteiger partial charge in [0.1, 0.15) is 11.6 Å². The van der Waals surface area contributed by atoms with E-state index in [4.69, 9.17) is 0 Å². The summed E-state index contributed by atoms with van der Waals surface area (Å²) in [6.07, 6.45) is 5.91. The maximum atomic E-state index is 4.66. The molecule has 2 rings (SSSR count). The zero-order valence-corrected chi connectivity index (χ0v) is 13.0. The van der Waals surface area contributed by atoms with E-state index in [0.29, 0.717) is 0 Å². The number of rotatable bonds is 5. The van der Waals surface area contributed by atoms with Gasteiger partial charge in [-0.2, -0.15) is 0 Å². The Labute approximate surface area is 120 Å². The summed E-state index contributed by atoms with van der Waals surface area (Å²) in [7, 11) is 0. The maximum Gasteiger partial charge on any atom is 0.191 e. The average molecular weight is 280 g/mol. The number of nitrogens with zero attached hydrogens (tertiary/aromatic N) is 3. The zero-order chi connectivity index (χ0) is 13.7. The van der Waals surface area contributed by atoms with Crippen LogP contribution in [0.5, 0.6) is 0 Å². The lowest BCUT2D eigenvalue weighted by Crippen LogP contribution is -2.35. The molecule has 2 heterocycles. The third-order valence-corrected chi connectivity index (χ3v) is 4.20. The first kappa shape index (κ1) is 14.4. The lowest BCUT2D eigenvalue weighted by molar-refractivity contribution is 0.402. The summed E-state index contributed by atoms with van der Waals surface area (Å²) in [5, 5.41) is 4.15. The molecule has 1 fully saturated rings. The van der Waals surface area contributed by atoms with Crippen molar-refractivity contribution in [2.45, 2.75) is 38.3 Å². The van der Waals surface area contributed by atoms with E-state index in [-0.39, 0.29) is 0 Å². The quantitative estimate of drug-likeness (QED) is 0.662. The van der Waals surface area contributed by atoms with E-state index in [2.05, 4.69) is 40.1 Å². The van der Waals surface area contributed by atoms with Crippen LogP contribution in [0.3, 0.4) is 0 Å². The molecule has 1 aliphatic rings. The Kier molecular flexibility index (Phi) is 5.31. The van der Waals surface area contributed by atoms with Crippen LogP contribution in [0.2, 0.25) is 0 Å². The molecule has 0 amide bonds. The smallest absolute Gasteiger partial charge is 0.191 e. The topological polar surface area (TPSA) is 41.0 Å². The van der Waals surface area contributed by atoms with Crippen LogP contribution < -0.4 is 10.2 Å². The highest BCUT2D eigenvalue weighted by molar-refractivity contribution is 7.98. The summed E-state index contributed by atoms with van der Waals surface area (Å²) in [4.78, 5) is 11.6. The van der Waals surface area contributed by atoms with Crippen LogP contribution in [0.4, 0.5) is 11.6 Å². The third kappa shape index (κ3) is 3.75. The van der Waals surface area contributed by atoms with Crippen LogP contribution in [0, 0.1) is 5.92 Å². The van der Waals surface area contributed by atoms with Gasteiger partial charge in [0.2, 0.25) is 0 Å². The third-order valence-electron chi connectivity index (χ3n) is 3.65. The summed E-state index contributed by atoms with van der Waals surface area (Å²) in [6.45, 7) is 7.52. The Morgan fingerprint density at radius 2 is 2.26 bits per heavy atom. The van der Waals surface area contributed by atoms with Gasteiger partial charge in [0.15, 0.2) is 5.16 Å². The van der Waals surface area contributed by atoms with Gasteiger partial charge in [0.05, 0.1) is 0 Å². The van der Waals surface area contributed by atoms with Crippen molar-refractivity contribution in [3.8, 4) is 0 Å². The van der Waals surface area contributed by atoms with E-state index in [9.17, 15) is 0 Å². The summed E-state index contributed by atoms with van der Waals surface area (Å²) in [5.74, 6) is 2.83. The molecule has 1 aromatic heterocycles. The van der Waals surface area contributed by atoms with E-state index in [1.54, 1.807) is 11.8 Å².